The average Bonchev–Trinajstić information content (AvgIpc) is 2.44. The van der Waals surface area contributed by atoms with Crippen LogP contribution in [0.3, 0.4) is 0 Å². The summed E-state index contributed by atoms with van der Waals surface area (Å²) >= 11 is 0. The molecule has 0 bridgehead atoms. The minimum absolute atomic E-state index is 0.142. The summed E-state index contributed by atoms with van der Waals surface area (Å²) in [6.45, 7) is 5.30. The summed E-state index contributed by atoms with van der Waals surface area (Å²) in [6, 6.07) is 6.09. The molecule has 1 rings (SSSR count). The van der Waals surface area contributed by atoms with E-state index in [9.17, 15) is 14.4 Å². The predicted molar refractivity (Wildman–Crippen MR) is 82.5 cm³/mol. The van der Waals surface area contributed by atoms with Gasteiger partial charge in [-0.05, 0) is 30.9 Å². The third-order valence-corrected chi connectivity index (χ3v) is 3.14. The van der Waals surface area contributed by atoms with Crippen LogP contribution < -0.4 is 10.6 Å². The molecule has 6 nitrogen and oxygen atoms in total. The Morgan fingerprint density at radius 3 is 2.36 bits per heavy atom. The first kappa shape index (κ1) is 17.7. The number of nitrogens with one attached hydrogen (secondary N) is 2. The van der Waals surface area contributed by atoms with Gasteiger partial charge in [0.2, 0.25) is 5.91 Å². The topological polar surface area (TPSA) is 95.5 Å². The first-order chi connectivity index (χ1) is 10.3. The van der Waals surface area contributed by atoms with Gasteiger partial charge in [0.15, 0.2) is 0 Å². The Hall–Kier alpha value is -2.37. The lowest BCUT2D eigenvalue weighted by atomic mass is 10.0. The summed E-state index contributed by atoms with van der Waals surface area (Å²) in [5.41, 5.74) is 1.30. The summed E-state index contributed by atoms with van der Waals surface area (Å²) in [5.74, 6) is -1.81. The first-order valence-corrected chi connectivity index (χ1v) is 7.17. The quantitative estimate of drug-likeness (QED) is 0.708. The zero-order chi connectivity index (χ0) is 16.7. The molecule has 0 fully saturated rings. The highest BCUT2D eigenvalue weighted by Crippen LogP contribution is 2.06. The molecule has 0 radical (unpaired) electrons. The van der Waals surface area contributed by atoms with Crippen LogP contribution in [-0.4, -0.2) is 35.5 Å². The fraction of sp³-hybridized carbons (Fsp3) is 0.438. The lowest BCUT2D eigenvalue weighted by molar-refractivity contribution is -0.142. The molecule has 0 aliphatic carbocycles. The van der Waals surface area contributed by atoms with Gasteiger partial charge in [0.05, 0.1) is 6.54 Å². The molecule has 0 aromatic heterocycles. The molecule has 2 amide bonds. The Labute approximate surface area is 129 Å². The lowest BCUT2D eigenvalue weighted by Gasteiger charge is -2.16. The van der Waals surface area contributed by atoms with Crippen LogP contribution in [0.5, 0.6) is 0 Å². The second kappa shape index (κ2) is 8.17. The highest BCUT2D eigenvalue weighted by atomic mass is 16.4. The molecule has 1 unspecified atom stereocenters. The fourth-order valence-electron chi connectivity index (χ4n) is 2.02. The van der Waals surface area contributed by atoms with Crippen LogP contribution in [0.25, 0.3) is 0 Å². The number of hydrogen-bond donors (Lipinski definition) is 3. The van der Waals surface area contributed by atoms with E-state index < -0.39 is 17.9 Å². The zero-order valence-electron chi connectivity index (χ0n) is 13.1. The summed E-state index contributed by atoms with van der Waals surface area (Å²) in [5, 5.41) is 14.0. The molecule has 22 heavy (non-hydrogen) atoms. The average molecular weight is 306 g/mol. The molecule has 120 valence electrons. The van der Waals surface area contributed by atoms with E-state index in [0.717, 1.165) is 5.56 Å². The van der Waals surface area contributed by atoms with Gasteiger partial charge in [0.1, 0.15) is 6.04 Å². The lowest BCUT2D eigenvalue weighted by Crippen LogP contribution is -2.46. The maximum atomic E-state index is 12.0. The number of amides is 2. The Morgan fingerprint density at radius 2 is 1.82 bits per heavy atom. The molecular formula is C16H22N2O4. The second-order valence-electron chi connectivity index (χ2n) is 5.59. The van der Waals surface area contributed by atoms with Crippen molar-refractivity contribution in [3.05, 3.63) is 35.4 Å². The van der Waals surface area contributed by atoms with Crippen molar-refractivity contribution < 1.29 is 19.5 Å². The predicted octanol–water partition coefficient (Wildman–Crippen LogP) is 1.34. The van der Waals surface area contributed by atoms with Crippen molar-refractivity contribution in [3.63, 3.8) is 0 Å². The van der Waals surface area contributed by atoms with Crippen molar-refractivity contribution in [1.29, 1.82) is 0 Å². The van der Waals surface area contributed by atoms with Crippen molar-refractivity contribution >= 4 is 17.8 Å². The van der Waals surface area contributed by atoms with Crippen LogP contribution >= 0.6 is 0 Å². The van der Waals surface area contributed by atoms with E-state index in [0.29, 0.717) is 12.0 Å². The number of hydrogen-bond acceptors (Lipinski definition) is 3. The van der Waals surface area contributed by atoms with Crippen molar-refractivity contribution in [2.75, 3.05) is 6.54 Å². The van der Waals surface area contributed by atoms with Crippen molar-refractivity contribution in [2.45, 2.75) is 33.2 Å². The number of rotatable bonds is 7. The summed E-state index contributed by atoms with van der Waals surface area (Å²) in [6.07, 6.45) is 0.340. The zero-order valence-corrected chi connectivity index (χ0v) is 13.1. The fourth-order valence-corrected chi connectivity index (χ4v) is 2.02. The van der Waals surface area contributed by atoms with Crippen LogP contribution in [0.1, 0.15) is 36.2 Å². The number of carboxylic acids is 1. The number of aliphatic carboxylic acids is 1. The standard InChI is InChI=1S/C16H22N2O4/c1-10(2)8-13(16(21)22)18-14(19)9-17-15(20)12-7-5-4-6-11(12)3/h4-7,10,13H,8-9H2,1-3H3,(H,17,20)(H,18,19)(H,21,22). The Kier molecular flexibility index (Phi) is 6.56. The van der Waals surface area contributed by atoms with Crippen LogP contribution in [0.2, 0.25) is 0 Å². The van der Waals surface area contributed by atoms with Crippen LogP contribution in [-0.2, 0) is 9.59 Å². The normalized spacial score (nSPS) is 11.8. The third kappa shape index (κ3) is 5.55. The van der Waals surface area contributed by atoms with Crippen LogP contribution in [0, 0.1) is 12.8 Å². The Balaban J connectivity index is 2.53. The van der Waals surface area contributed by atoms with Gasteiger partial charge in [0.25, 0.3) is 5.91 Å². The highest BCUT2D eigenvalue weighted by molar-refractivity contribution is 5.97. The Bertz CT molecular complexity index is 555. The number of carbonyl (C=O) groups excluding carboxylic acids is 2. The van der Waals surface area contributed by atoms with Gasteiger partial charge in [-0.3, -0.25) is 9.59 Å². The highest BCUT2D eigenvalue weighted by Gasteiger charge is 2.21. The molecule has 0 heterocycles. The molecule has 0 spiro atoms. The molecule has 0 aliphatic heterocycles. The van der Waals surface area contributed by atoms with Gasteiger partial charge in [-0.2, -0.15) is 0 Å². The van der Waals surface area contributed by atoms with E-state index in [1.807, 2.05) is 19.9 Å². The van der Waals surface area contributed by atoms with Gasteiger partial charge < -0.3 is 15.7 Å². The monoisotopic (exact) mass is 306 g/mol. The van der Waals surface area contributed by atoms with Crippen molar-refractivity contribution in [3.8, 4) is 0 Å². The molecule has 1 atom stereocenters. The number of benzene rings is 1. The molecule has 6 heteroatoms. The second-order valence-corrected chi connectivity index (χ2v) is 5.59. The van der Waals surface area contributed by atoms with Crippen molar-refractivity contribution in [1.82, 2.24) is 10.6 Å². The summed E-state index contributed by atoms with van der Waals surface area (Å²) in [4.78, 5) is 34.8. The summed E-state index contributed by atoms with van der Waals surface area (Å²) < 4.78 is 0. The van der Waals surface area contributed by atoms with E-state index in [2.05, 4.69) is 10.6 Å². The molecule has 0 saturated heterocycles. The number of carbonyl (C=O) groups is 3. The molecule has 1 aromatic rings. The van der Waals surface area contributed by atoms with Gasteiger partial charge >= 0.3 is 5.97 Å². The first-order valence-electron chi connectivity index (χ1n) is 7.17. The SMILES string of the molecule is Cc1ccccc1C(=O)NCC(=O)NC(CC(C)C)C(=O)O. The molecule has 0 aliphatic rings. The van der Waals surface area contributed by atoms with E-state index in [4.69, 9.17) is 5.11 Å². The molecule has 3 N–H and O–H groups in total. The van der Waals surface area contributed by atoms with Crippen molar-refractivity contribution in [2.24, 2.45) is 5.92 Å². The van der Waals surface area contributed by atoms with Crippen LogP contribution in [0.4, 0.5) is 0 Å². The van der Waals surface area contributed by atoms with Gasteiger partial charge in [-0.15, -0.1) is 0 Å². The van der Waals surface area contributed by atoms with E-state index in [1.54, 1.807) is 25.1 Å². The van der Waals surface area contributed by atoms with Gasteiger partial charge in [-0.25, -0.2) is 4.79 Å². The maximum Gasteiger partial charge on any atom is 0.326 e. The third-order valence-electron chi connectivity index (χ3n) is 3.14. The minimum Gasteiger partial charge on any atom is -0.480 e. The largest absolute Gasteiger partial charge is 0.480 e. The van der Waals surface area contributed by atoms with E-state index >= 15 is 0 Å². The van der Waals surface area contributed by atoms with E-state index in [1.165, 1.54) is 0 Å². The van der Waals surface area contributed by atoms with Gasteiger partial charge in [-0.1, -0.05) is 32.0 Å². The Morgan fingerprint density at radius 1 is 1.18 bits per heavy atom. The minimum atomic E-state index is -1.08. The molecule has 1 aromatic carbocycles. The number of aryl methyl sites for hydroxylation is 1. The molecular weight excluding hydrogens is 284 g/mol. The molecule has 0 saturated carbocycles. The number of carboxylic acid groups (broad SMARTS) is 1. The van der Waals surface area contributed by atoms with Crippen LogP contribution in [0.15, 0.2) is 24.3 Å². The van der Waals surface area contributed by atoms with E-state index in [-0.39, 0.29) is 18.4 Å². The summed E-state index contributed by atoms with van der Waals surface area (Å²) in [7, 11) is 0. The maximum absolute atomic E-state index is 12.0. The smallest absolute Gasteiger partial charge is 0.326 e. The van der Waals surface area contributed by atoms with Gasteiger partial charge in [0, 0.05) is 5.56 Å².